The molecule has 2 heterocycles. The second-order valence-electron chi connectivity index (χ2n) is 12.7. The topological polar surface area (TPSA) is 30.7 Å². The smallest absolute Gasteiger partial charge is 0.160 e. The van der Waals surface area contributed by atoms with E-state index in [2.05, 4.69) is 158 Å². The van der Waals surface area contributed by atoms with Crippen LogP contribution in [0.5, 0.6) is 0 Å². The highest BCUT2D eigenvalue weighted by molar-refractivity contribution is 6.11. The number of para-hydroxylation sites is 1. The number of rotatable bonds is 4. The first-order chi connectivity index (χ1) is 22.6. The lowest BCUT2D eigenvalue weighted by Crippen LogP contribution is -2.14. The van der Waals surface area contributed by atoms with Gasteiger partial charge in [0.2, 0.25) is 0 Å². The lowest BCUT2D eigenvalue weighted by Gasteiger charge is -2.21. The third kappa shape index (κ3) is 4.05. The van der Waals surface area contributed by atoms with Crippen LogP contribution in [0.2, 0.25) is 0 Å². The molecule has 3 nitrogen and oxygen atoms in total. The molecule has 1 aliphatic rings. The molecule has 6 aromatic carbocycles. The monoisotopic (exact) mass is 589 g/mol. The maximum Gasteiger partial charge on any atom is 0.160 e. The van der Waals surface area contributed by atoms with Crippen LogP contribution in [-0.2, 0) is 5.41 Å². The largest absolute Gasteiger partial charge is 0.309 e. The summed E-state index contributed by atoms with van der Waals surface area (Å²) in [6.45, 7) is 4.69. The van der Waals surface area contributed by atoms with Gasteiger partial charge in [-0.2, -0.15) is 0 Å². The van der Waals surface area contributed by atoms with Crippen LogP contribution in [0, 0.1) is 0 Å². The number of nitrogens with zero attached hydrogens (tertiary/aromatic N) is 3. The molecule has 2 aromatic heterocycles. The van der Waals surface area contributed by atoms with E-state index in [-0.39, 0.29) is 5.41 Å². The van der Waals surface area contributed by atoms with E-state index in [4.69, 9.17) is 9.97 Å². The quantitative estimate of drug-likeness (QED) is 0.204. The molecule has 8 aromatic rings. The van der Waals surface area contributed by atoms with E-state index in [1.807, 2.05) is 12.1 Å². The van der Waals surface area contributed by atoms with Crippen molar-refractivity contribution in [3.63, 3.8) is 0 Å². The van der Waals surface area contributed by atoms with Crippen LogP contribution in [-0.4, -0.2) is 14.5 Å². The minimum atomic E-state index is -0.0438. The Hall–Kier alpha value is -5.80. The van der Waals surface area contributed by atoms with E-state index in [0.717, 1.165) is 33.8 Å². The third-order valence-corrected chi connectivity index (χ3v) is 9.62. The number of fused-ring (bicyclic) bond motifs is 6. The molecule has 0 atom stereocenters. The molecule has 0 aliphatic heterocycles. The van der Waals surface area contributed by atoms with Crippen LogP contribution in [0.4, 0.5) is 0 Å². The second-order valence-corrected chi connectivity index (χ2v) is 12.7. The average molecular weight is 590 g/mol. The maximum atomic E-state index is 5.05. The van der Waals surface area contributed by atoms with Crippen molar-refractivity contribution < 1.29 is 0 Å². The highest BCUT2D eigenvalue weighted by Gasteiger charge is 2.36. The van der Waals surface area contributed by atoms with Crippen LogP contribution < -0.4 is 0 Å². The van der Waals surface area contributed by atoms with Crippen molar-refractivity contribution in [3.05, 3.63) is 163 Å². The maximum absolute atomic E-state index is 5.05. The predicted octanol–water partition coefficient (Wildman–Crippen LogP) is 10.9. The Labute approximate surface area is 268 Å². The molecular formula is C43H31N3. The van der Waals surface area contributed by atoms with E-state index in [1.54, 1.807) is 0 Å². The van der Waals surface area contributed by atoms with E-state index in [9.17, 15) is 0 Å². The first-order valence-corrected chi connectivity index (χ1v) is 15.8. The first-order valence-electron chi connectivity index (χ1n) is 15.8. The number of aromatic nitrogens is 3. The predicted molar refractivity (Wildman–Crippen MR) is 190 cm³/mol. The van der Waals surface area contributed by atoms with E-state index in [1.165, 1.54) is 44.1 Å². The van der Waals surface area contributed by atoms with Gasteiger partial charge in [-0.25, -0.2) is 9.97 Å². The molecule has 0 spiro atoms. The first kappa shape index (κ1) is 26.6. The summed E-state index contributed by atoms with van der Waals surface area (Å²) in [4.78, 5) is 10.1. The molecule has 0 fully saturated rings. The van der Waals surface area contributed by atoms with Crippen LogP contribution >= 0.6 is 0 Å². The van der Waals surface area contributed by atoms with E-state index < -0.39 is 0 Å². The number of benzene rings is 6. The number of hydrogen-bond acceptors (Lipinski definition) is 2. The molecule has 0 saturated carbocycles. The van der Waals surface area contributed by atoms with Gasteiger partial charge in [-0.3, -0.25) is 0 Å². The van der Waals surface area contributed by atoms with Gasteiger partial charge >= 0.3 is 0 Å². The summed E-state index contributed by atoms with van der Waals surface area (Å²) < 4.78 is 2.40. The van der Waals surface area contributed by atoms with Gasteiger partial charge in [-0.1, -0.05) is 117 Å². The van der Waals surface area contributed by atoms with E-state index in [0.29, 0.717) is 5.82 Å². The normalized spacial score (nSPS) is 13.2. The number of hydrogen-bond donors (Lipinski definition) is 0. The zero-order valence-corrected chi connectivity index (χ0v) is 25.8. The lowest BCUT2D eigenvalue weighted by atomic mass is 9.82. The SMILES string of the molecule is CC1(C)c2ccccc2-c2cc3c(cc21)c1ccccc1n3-c1ccc(-c2nc(-c3ccccc3)cc(-c3ccccc3)n2)cc1. The summed E-state index contributed by atoms with van der Waals surface area (Å²) in [7, 11) is 0. The van der Waals surface area contributed by atoms with Crippen molar-refractivity contribution in [2.45, 2.75) is 19.3 Å². The Morgan fingerprint density at radius 3 is 1.76 bits per heavy atom. The average Bonchev–Trinajstić information content (AvgIpc) is 3.56. The summed E-state index contributed by atoms with van der Waals surface area (Å²) in [5.74, 6) is 0.714. The van der Waals surface area contributed by atoms with Crippen molar-refractivity contribution in [1.82, 2.24) is 14.5 Å². The Kier molecular flexibility index (Phi) is 5.85. The summed E-state index contributed by atoms with van der Waals surface area (Å²) in [6.07, 6.45) is 0. The molecule has 218 valence electrons. The van der Waals surface area contributed by atoms with Crippen molar-refractivity contribution in [2.75, 3.05) is 0 Å². The van der Waals surface area contributed by atoms with Crippen LogP contribution in [0.15, 0.2) is 152 Å². The lowest BCUT2D eigenvalue weighted by molar-refractivity contribution is 0.661. The molecule has 0 radical (unpaired) electrons. The molecule has 46 heavy (non-hydrogen) atoms. The highest BCUT2D eigenvalue weighted by Crippen LogP contribution is 2.51. The fourth-order valence-electron chi connectivity index (χ4n) is 7.29. The Morgan fingerprint density at radius 1 is 0.457 bits per heavy atom. The second kappa shape index (κ2) is 10.1. The Bertz CT molecular complexity index is 2360. The van der Waals surface area contributed by atoms with Gasteiger partial charge < -0.3 is 4.57 Å². The van der Waals surface area contributed by atoms with Crippen molar-refractivity contribution >= 4 is 21.8 Å². The van der Waals surface area contributed by atoms with Gasteiger partial charge in [0, 0.05) is 38.6 Å². The zero-order chi connectivity index (χ0) is 30.8. The highest BCUT2D eigenvalue weighted by atomic mass is 15.0. The molecule has 0 unspecified atom stereocenters. The van der Waals surface area contributed by atoms with Gasteiger partial charge in [0.15, 0.2) is 5.82 Å². The van der Waals surface area contributed by atoms with Gasteiger partial charge in [-0.15, -0.1) is 0 Å². The van der Waals surface area contributed by atoms with Gasteiger partial charge in [-0.05, 0) is 70.8 Å². The fourth-order valence-corrected chi connectivity index (χ4v) is 7.29. The van der Waals surface area contributed by atoms with Gasteiger partial charge in [0.1, 0.15) is 0 Å². The van der Waals surface area contributed by atoms with Crippen molar-refractivity contribution in [1.29, 1.82) is 0 Å². The Morgan fingerprint density at radius 2 is 1.07 bits per heavy atom. The van der Waals surface area contributed by atoms with E-state index >= 15 is 0 Å². The van der Waals surface area contributed by atoms with Crippen LogP contribution in [0.3, 0.4) is 0 Å². The Balaban J connectivity index is 1.21. The summed E-state index contributed by atoms with van der Waals surface area (Å²) >= 11 is 0. The molecular weight excluding hydrogens is 558 g/mol. The zero-order valence-electron chi connectivity index (χ0n) is 25.8. The van der Waals surface area contributed by atoms with Crippen molar-refractivity contribution in [3.8, 4) is 50.7 Å². The molecule has 9 rings (SSSR count). The minimum absolute atomic E-state index is 0.0438. The molecule has 0 saturated heterocycles. The molecule has 1 aliphatic carbocycles. The van der Waals surface area contributed by atoms with Crippen molar-refractivity contribution in [2.24, 2.45) is 0 Å². The fraction of sp³-hybridized carbons (Fsp3) is 0.0698. The molecule has 0 amide bonds. The standard InChI is InChI=1S/C43H31N3/c1-43(2)36-19-11-9-17-32(36)34-26-41-35(25-37(34)43)33-18-10-12-20-40(33)46(41)31-23-21-30(22-24-31)42-44-38(28-13-5-3-6-14-28)27-39(45-42)29-15-7-4-8-16-29/h3-27H,1-2H3. The van der Waals surface area contributed by atoms with Gasteiger partial charge in [0.05, 0.1) is 22.4 Å². The molecule has 3 heteroatoms. The van der Waals surface area contributed by atoms with Crippen LogP contribution in [0.25, 0.3) is 72.5 Å². The molecule has 0 bridgehead atoms. The minimum Gasteiger partial charge on any atom is -0.309 e. The van der Waals surface area contributed by atoms with Gasteiger partial charge in [0.25, 0.3) is 0 Å². The van der Waals surface area contributed by atoms with Crippen LogP contribution in [0.1, 0.15) is 25.0 Å². The molecule has 0 N–H and O–H groups in total. The summed E-state index contributed by atoms with van der Waals surface area (Å²) in [5.41, 5.74) is 13.9. The third-order valence-electron chi connectivity index (χ3n) is 9.62. The summed E-state index contributed by atoms with van der Waals surface area (Å²) in [5, 5.41) is 2.55. The summed E-state index contributed by atoms with van der Waals surface area (Å²) in [6, 6.07) is 53.9.